The van der Waals surface area contributed by atoms with Crippen molar-refractivity contribution in [2.75, 3.05) is 5.75 Å². The highest BCUT2D eigenvalue weighted by Crippen LogP contribution is 2.25. The first-order valence-electron chi connectivity index (χ1n) is 8.51. The van der Waals surface area contributed by atoms with Crippen LogP contribution in [0.4, 0.5) is 0 Å². The number of amides is 1. The van der Waals surface area contributed by atoms with Crippen LogP contribution in [0.25, 0.3) is 11.4 Å². The summed E-state index contributed by atoms with van der Waals surface area (Å²) in [7, 11) is 0. The van der Waals surface area contributed by atoms with Gasteiger partial charge in [-0.05, 0) is 42.0 Å². The number of hydrogen-bond acceptors (Lipinski definition) is 4. The number of carbonyl (C=O) groups excluding carboxylic acids is 1. The first-order chi connectivity index (χ1) is 13.6. The van der Waals surface area contributed by atoms with Crippen LogP contribution in [0.15, 0.2) is 66.3 Å². The average Bonchev–Trinajstić information content (AvgIpc) is 3.09. The Morgan fingerprint density at radius 1 is 1.07 bits per heavy atom. The molecule has 2 aromatic carbocycles. The van der Waals surface area contributed by atoms with Crippen LogP contribution < -0.4 is 5.32 Å². The monoisotopic (exact) mass is 432 g/mol. The molecule has 0 aliphatic heterocycles. The summed E-state index contributed by atoms with van der Waals surface area (Å²) >= 11 is 13.2. The van der Waals surface area contributed by atoms with E-state index in [2.05, 4.69) is 22.1 Å². The minimum absolute atomic E-state index is 0.0823. The molecular formula is C20H18Cl2N4OS. The van der Waals surface area contributed by atoms with Gasteiger partial charge in [0.1, 0.15) is 0 Å². The largest absolute Gasteiger partial charge is 0.351 e. The van der Waals surface area contributed by atoms with E-state index in [4.69, 9.17) is 23.2 Å². The third-order valence-electron chi connectivity index (χ3n) is 3.87. The van der Waals surface area contributed by atoms with Crippen molar-refractivity contribution in [3.8, 4) is 11.4 Å². The molecule has 144 valence electrons. The minimum Gasteiger partial charge on any atom is -0.351 e. The molecule has 1 N–H and O–H groups in total. The van der Waals surface area contributed by atoms with E-state index in [1.165, 1.54) is 11.8 Å². The third kappa shape index (κ3) is 5.38. The van der Waals surface area contributed by atoms with E-state index in [9.17, 15) is 4.79 Å². The SMILES string of the molecule is C=CCn1c(SCC(=O)NCc2ccc(Cl)cc2)nnc1-c1ccc(Cl)cc1. The molecule has 1 aromatic heterocycles. The van der Waals surface area contributed by atoms with Crippen LogP contribution in [0.2, 0.25) is 10.0 Å². The number of halogens is 2. The quantitative estimate of drug-likeness (QED) is 0.408. The van der Waals surface area contributed by atoms with Gasteiger partial charge in [0.05, 0.1) is 5.75 Å². The summed E-state index contributed by atoms with van der Waals surface area (Å²) in [6.45, 7) is 4.79. The van der Waals surface area contributed by atoms with E-state index in [0.29, 0.717) is 34.1 Å². The van der Waals surface area contributed by atoms with E-state index < -0.39 is 0 Å². The summed E-state index contributed by atoms with van der Waals surface area (Å²) in [6.07, 6.45) is 1.77. The van der Waals surface area contributed by atoms with Gasteiger partial charge in [-0.1, -0.05) is 53.2 Å². The van der Waals surface area contributed by atoms with E-state index in [0.717, 1.165) is 11.1 Å². The fourth-order valence-electron chi connectivity index (χ4n) is 2.49. The Labute approximate surface area is 177 Å². The topological polar surface area (TPSA) is 59.8 Å². The second kappa shape index (κ2) is 9.78. The van der Waals surface area contributed by atoms with Gasteiger partial charge in [0, 0.05) is 28.7 Å². The molecule has 28 heavy (non-hydrogen) atoms. The summed E-state index contributed by atoms with van der Waals surface area (Å²) < 4.78 is 1.92. The van der Waals surface area contributed by atoms with Crippen molar-refractivity contribution < 1.29 is 4.79 Å². The van der Waals surface area contributed by atoms with Crippen molar-refractivity contribution in [1.82, 2.24) is 20.1 Å². The highest BCUT2D eigenvalue weighted by atomic mass is 35.5. The fourth-order valence-corrected chi connectivity index (χ4v) is 3.52. The van der Waals surface area contributed by atoms with Crippen molar-refractivity contribution in [3.63, 3.8) is 0 Å². The first-order valence-corrected chi connectivity index (χ1v) is 10.2. The normalized spacial score (nSPS) is 10.6. The standard InChI is InChI=1S/C20H18Cl2N4OS/c1-2-11-26-19(15-5-9-17(22)10-6-15)24-25-20(26)28-13-18(27)23-12-14-3-7-16(21)8-4-14/h2-10H,1,11-13H2,(H,23,27). The molecule has 0 spiro atoms. The molecule has 1 amide bonds. The molecule has 0 aliphatic carbocycles. The maximum Gasteiger partial charge on any atom is 0.230 e. The highest BCUT2D eigenvalue weighted by Gasteiger charge is 2.15. The molecule has 0 radical (unpaired) electrons. The Balaban J connectivity index is 1.63. The molecule has 0 saturated heterocycles. The molecule has 0 aliphatic rings. The number of nitrogens with zero attached hydrogens (tertiary/aromatic N) is 3. The molecule has 0 fully saturated rings. The fraction of sp³-hybridized carbons (Fsp3) is 0.150. The van der Waals surface area contributed by atoms with Crippen LogP contribution in [0.1, 0.15) is 5.56 Å². The summed E-state index contributed by atoms with van der Waals surface area (Å²) in [6, 6.07) is 14.8. The Kier molecular flexibility index (Phi) is 7.14. The summed E-state index contributed by atoms with van der Waals surface area (Å²) in [4.78, 5) is 12.2. The maximum atomic E-state index is 12.2. The Morgan fingerprint density at radius 3 is 2.36 bits per heavy atom. The lowest BCUT2D eigenvalue weighted by atomic mass is 10.2. The summed E-state index contributed by atoms with van der Waals surface area (Å²) in [5.74, 6) is 0.866. The number of benzene rings is 2. The molecule has 0 saturated carbocycles. The van der Waals surface area contributed by atoms with Crippen molar-refractivity contribution in [2.24, 2.45) is 0 Å². The van der Waals surface area contributed by atoms with E-state index in [1.54, 1.807) is 30.3 Å². The molecular weight excluding hydrogens is 415 g/mol. The first kappa shape index (κ1) is 20.5. The minimum atomic E-state index is -0.0823. The van der Waals surface area contributed by atoms with Crippen LogP contribution in [0.5, 0.6) is 0 Å². The van der Waals surface area contributed by atoms with Crippen molar-refractivity contribution in [2.45, 2.75) is 18.2 Å². The smallest absolute Gasteiger partial charge is 0.230 e. The van der Waals surface area contributed by atoms with Gasteiger partial charge in [-0.3, -0.25) is 9.36 Å². The van der Waals surface area contributed by atoms with Crippen molar-refractivity contribution >= 4 is 40.9 Å². The van der Waals surface area contributed by atoms with Gasteiger partial charge in [-0.25, -0.2) is 0 Å². The Bertz CT molecular complexity index is 955. The number of rotatable bonds is 8. The predicted molar refractivity (Wildman–Crippen MR) is 115 cm³/mol. The molecule has 1 heterocycles. The molecule has 0 bridgehead atoms. The second-order valence-corrected chi connectivity index (χ2v) is 7.72. The van der Waals surface area contributed by atoms with Gasteiger partial charge in [0.25, 0.3) is 0 Å². The summed E-state index contributed by atoms with van der Waals surface area (Å²) in [5, 5.41) is 13.4. The third-order valence-corrected chi connectivity index (χ3v) is 5.34. The zero-order chi connectivity index (χ0) is 19.9. The maximum absolute atomic E-state index is 12.2. The van der Waals surface area contributed by atoms with Gasteiger partial charge < -0.3 is 5.32 Å². The van der Waals surface area contributed by atoms with Gasteiger partial charge in [-0.15, -0.1) is 16.8 Å². The number of thioether (sulfide) groups is 1. The number of carbonyl (C=O) groups is 1. The van der Waals surface area contributed by atoms with Gasteiger partial charge in [-0.2, -0.15) is 0 Å². The van der Waals surface area contributed by atoms with Crippen LogP contribution in [0, 0.1) is 0 Å². The Hall–Kier alpha value is -2.28. The van der Waals surface area contributed by atoms with Crippen LogP contribution in [-0.4, -0.2) is 26.4 Å². The molecule has 0 atom stereocenters. The van der Waals surface area contributed by atoms with E-state index >= 15 is 0 Å². The van der Waals surface area contributed by atoms with Gasteiger partial charge in [0.2, 0.25) is 5.91 Å². The van der Waals surface area contributed by atoms with Crippen molar-refractivity contribution in [1.29, 1.82) is 0 Å². The number of nitrogens with one attached hydrogen (secondary N) is 1. The number of hydrogen-bond donors (Lipinski definition) is 1. The van der Waals surface area contributed by atoms with E-state index in [1.807, 2.05) is 28.8 Å². The Morgan fingerprint density at radius 2 is 1.71 bits per heavy atom. The number of aromatic nitrogens is 3. The lowest BCUT2D eigenvalue weighted by molar-refractivity contribution is -0.118. The molecule has 8 heteroatoms. The lowest BCUT2D eigenvalue weighted by Crippen LogP contribution is -2.24. The molecule has 3 aromatic rings. The van der Waals surface area contributed by atoms with Crippen molar-refractivity contribution in [3.05, 3.63) is 76.8 Å². The zero-order valence-corrected chi connectivity index (χ0v) is 17.3. The van der Waals surface area contributed by atoms with Gasteiger partial charge in [0.15, 0.2) is 11.0 Å². The second-order valence-electron chi connectivity index (χ2n) is 5.90. The highest BCUT2D eigenvalue weighted by molar-refractivity contribution is 7.99. The molecule has 5 nitrogen and oxygen atoms in total. The molecule has 3 rings (SSSR count). The molecule has 0 unspecified atom stereocenters. The number of allylic oxidation sites excluding steroid dienone is 1. The van der Waals surface area contributed by atoms with Crippen LogP contribution in [0.3, 0.4) is 0 Å². The van der Waals surface area contributed by atoms with Gasteiger partial charge >= 0.3 is 0 Å². The predicted octanol–water partition coefficient (Wildman–Crippen LogP) is 4.85. The summed E-state index contributed by atoms with van der Waals surface area (Å²) in [5.41, 5.74) is 1.89. The lowest BCUT2D eigenvalue weighted by Gasteiger charge is -2.08. The van der Waals surface area contributed by atoms with E-state index in [-0.39, 0.29) is 11.7 Å². The van der Waals surface area contributed by atoms with Crippen LogP contribution >= 0.6 is 35.0 Å². The average molecular weight is 433 g/mol. The van der Waals surface area contributed by atoms with Crippen LogP contribution in [-0.2, 0) is 17.9 Å². The zero-order valence-electron chi connectivity index (χ0n) is 14.9.